The first-order chi connectivity index (χ1) is 13.7. The molecule has 0 unspecified atom stereocenters. The fourth-order valence-corrected chi connectivity index (χ4v) is 3.11. The molecule has 28 heavy (non-hydrogen) atoms. The van der Waals surface area contributed by atoms with Crippen LogP contribution in [0.15, 0.2) is 72.8 Å². The number of nitrogens with one attached hydrogen (secondary N) is 2. The number of carbonyl (C=O) groups excluding carboxylic acids is 1. The van der Waals surface area contributed by atoms with Crippen molar-refractivity contribution in [2.45, 2.75) is 12.8 Å². The van der Waals surface area contributed by atoms with E-state index in [0.29, 0.717) is 5.56 Å². The lowest BCUT2D eigenvalue weighted by molar-refractivity contribution is 0.102. The number of aryl methyl sites for hydroxylation is 2. The van der Waals surface area contributed by atoms with Gasteiger partial charge < -0.3 is 15.0 Å². The zero-order valence-corrected chi connectivity index (χ0v) is 15.6. The predicted molar refractivity (Wildman–Crippen MR) is 111 cm³/mol. The van der Waals surface area contributed by atoms with E-state index >= 15 is 0 Å². The summed E-state index contributed by atoms with van der Waals surface area (Å²) in [4.78, 5) is 20.4. The molecule has 0 radical (unpaired) electrons. The van der Waals surface area contributed by atoms with Gasteiger partial charge in [-0.15, -0.1) is 0 Å². The number of hydrogen-bond donors (Lipinski definition) is 2. The van der Waals surface area contributed by atoms with Crippen molar-refractivity contribution in [1.82, 2.24) is 9.97 Å². The molecule has 4 rings (SSSR count). The maximum atomic E-state index is 12.4. The van der Waals surface area contributed by atoms with Crippen molar-refractivity contribution in [3.63, 3.8) is 0 Å². The van der Waals surface area contributed by atoms with Gasteiger partial charge in [-0.3, -0.25) is 4.79 Å². The lowest BCUT2D eigenvalue weighted by Gasteiger charge is -2.06. The van der Waals surface area contributed by atoms with E-state index < -0.39 is 0 Å². The number of nitrogens with zero attached hydrogens (tertiary/aromatic N) is 1. The number of aromatic nitrogens is 2. The molecule has 0 aliphatic carbocycles. The van der Waals surface area contributed by atoms with Gasteiger partial charge >= 0.3 is 0 Å². The third kappa shape index (κ3) is 4.04. The molecular weight excluding hydrogens is 350 g/mol. The fourth-order valence-electron chi connectivity index (χ4n) is 3.11. The molecule has 0 saturated carbocycles. The van der Waals surface area contributed by atoms with Crippen LogP contribution in [0.2, 0.25) is 0 Å². The Morgan fingerprint density at radius 2 is 1.79 bits per heavy atom. The van der Waals surface area contributed by atoms with Gasteiger partial charge in [-0.05, 0) is 54.4 Å². The molecule has 0 aliphatic heterocycles. The number of aromatic amines is 1. The van der Waals surface area contributed by atoms with E-state index in [2.05, 4.69) is 27.4 Å². The molecule has 0 spiro atoms. The summed E-state index contributed by atoms with van der Waals surface area (Å²) in [5.74, 6) is 1.50. The Labute approximate surface area is 163 Å². The molecule has 0 fully saturated rings. The van der Waals surface area contributed by atoms with Gasteiger partial charge in [-0.2, -0.15) is 0 Å². The van der Waals surface area contributed by atoms with E-state index in [4.69, 9.17) is 4.74 Å². The van der Waals surface area contributed by atoms with Crippen LogP contribution in [0.25, 0.3) is 11.0 Å². The molecule has 0 saturated heterocycles. The van der Waals surface area contributed by atoms with Crippen LogP contribution in [0.1, 0.15) is 21.7 Å². The molecule has 1 heterocycles. The van der Waals surface area contributed by atoms with Crippen molar-refractivity contribution in [2.24, 2.45) is 0 Å². The number of ether oxygens (including phenoxy) is 1. The molecule has 5 nitrogen and oxygen atoms in total. The minimum atomic E-state index is -0.161. The van der Waals surface area contributed by atoms with E-state index in [-0.39, 0.29) is 5.91 Å². The first-order valence-corrected chi connectivity index (χ1v) is 9.19. The Morgan fingerprint density at radius 3 is 2.54 bits per heavy atom. The predicted octanol–water partition coefficient (Wildman–Crippen LogP) is 4.61. The highest BCUT2D eigenvalue weighted by molar-refractivity contribution is 6.05. The largest absolute Gasteiger partial charge is 0.497 e. The summed E-state index contributed by atoms with van der Waals surface area (Å²) in [5.41, 5.74) is 4.40. The number of imidazole rings is 1. The third-order valence-corrected chi connectivity index (χ3v) is 4.63. The van der Waals surface area contributed by atoms with Crippen molar-refractivity contribution < 1.29 is 9.53 Å². The second-order valence-corrected chi connectivity index (χ2v) is 6.58. The normalized spacial score (nSPS) is 10.8. The van der Waals surface area contributed by atoms with Gasteiger partial charge in [-0.1, -0.05) is 30.3 Å². The summed E-state index contributed by atoms with van der Waals surface area (Å²) in [6.45, 7) is 0. The quantitative estimate of drug-likeness (QED) is 0.520. The van der Waals surface area contributed by atoms with Gasteiger partial charge in [0.05, 0.1) is 18.1 Å². The second kappa shape index (κ2) is 7.96. The van der Waals surface area contributed by atoms with Crippen LogP contribution in [0, 0.1) is 0 Å². The summed E-state index contributed by atoms with van der Waals surface area (Å²) < 4.78 is 5.12. The van der Waals surface area contributed by atoms with Crippen LogP contribution < -0.4 is 10.1 Å². The molecule has 140 valence electrons. The fraction of sp³-hybridized carbons (Fsp3) is 0.130. The molecule has 0 aliphatic rings. The first-order valence-electron chi connectivity index (χ1n) is 9.19. The third-order valence-electron chi connectivity index (χ3n) is 4.63. The molecule has 0 atom stereocenters. The van der Waals surface area contributed by atoms with Crippen molar-refractivity contribution in [1.29, 1.82) is 0 Å². The van der Waals surface area contributed by atoms with E-state index in [1.165, 1.54) is 5.56 Å². The number of amides is 1. The molecule has 5 heteroatoms. The Morgan fingerprint density at radius 1 is 1.00 bits per heavy atom. The smallest absolute Gasteiger partial charge is 0.255 e. The number of fused-ring (bicyclic) bond motifs is 1. The Balaban J connectivity index is 1.45. The van der Waals surface area contributed by atoms with E-state index in [0.717, 1.165) is 41.1 Å². The van der Waals surface area contributed by atoms with E-state index in [1.54, 1.807) is 31.4 Å². The summed E-state index contributed by atoms with van der Waals surface area (Å²) in [6, 6.07) is 23.1. The monoisotopic (exact) mass is 371 g/mol. The maximum absolute atomic E-state index is 12.4. The Bertz CT molecular complexity index is 1090. The van der Waals surface area contributed by atoms with Gasteiger partial charge in [0, 0.05) is 17.7 Å². The zero-order chi connectivity index (χ0) is 19.3. The number of methoxy groups -OCH3 is 1. The molecular formula is C23H21N3O2. The van der Waals surface area contributed by atoms with Gasteiger partial charge in [0.15, 0.2) is 0 Å². The molecule has 3 aromatic carbocycles. The number of rotatable bonds is 6. The lowest BCUT2D eigenvalue weighted by Crippen LogP contribution is -2.11. The number of hydrogen-bond acceptors (Lipinski definition) is 3. The Kier molecular flexibility index (Phi) is 5.06. The summed E-state index contributed by atoms with van der Waals surface area (Å²) >= 11 is 0. The zero-order valence-electron chi connectivity index (χ0n) is 15.6. The highest BCUT2D eigenvalue weighted by Gasteiger charge is 2.09. The second-order valence-electron chi connectivity index (χ2n) is 6.58. The Hall–Kier alpha value is -3.60. The van der Waals surface area contributed by atoms with Gasteiger partial charge in [-0.25, -0.2) is 4.98 Å². The SMILES string of the molecule is COc1ccc(C(=O)Nc2ccc3nc(CCc4ccccc4)[nH]c3c2)cc1. The number of carbonyl (C=O) groups is 1. The topological polar surface area (TPSA) is 67.0 Å². The van der Waals surface area contributed by atoms with Gasteiger partial charge in [0.25, 0.3) is 5.91 Å². The summed E-state index contributed by atoms with van der Waals surface area (Å²) in [7, 11) is 1.60. The van der Waals surface area contributed by atoms with Crippen LogP contribution >= 0.6 is 0 Å². The van der Waals surface area contributed by atoms with E-state index in [9.17, 15) is 4.79 Å². The maximum Gasteiger partial charge on any atom is 0.255 e. The average Bonchev–Trinajstić information content (AvgIpc) is 3.15. The van der Waals surface area contributed by atoms with Gasteiger partial charge in [0.2, 0.25) is 0 Å². The van der Waals surface area contributed by atoms with Crippen LogP contribution in [-0.4, -0.2) is 23.0 Å². The minimum absolute atomic E-state index is 0.161. The molecule has 0 bridgehead atoms. The standard InChI is InChI=1S/C23H21N3O2/c1-28-19-11-8-17(9-12-19)23(27)24-18-10-13-20-21(15-18)26-22(25-20)14-7-16-5-3-2-4-6-16/h2-6,8-13,15H,7,14H2,1H3,(H,24,27)(H,25,26). The van der Waals surface area contributed by atoms with Crippen LogP contribution in [0.5, 0.6) is 5.75 Å². The number of H-pyrrole nitrogens is 1. The van der Waals surface area contributed by atoms with Crippen molar-refractivity contribution >= 4 is 22.6 Å². The summed E-state index contributed by atoms with van der Waals surface area (Å²) in [6.07, 6.45) is 1.77. The number of anilines is 1. The number of benzene rings is 3. The van der Waals surface area contributed by atoms with Crippen LogP contribution in [0.3, 0.4) is 0 Å². The highest BCUT2D eigenvalue weighted by Crippen LogP contribution is 2.19. The van der Waals surface area contributed by atoms with Crippen LogP contribution in [-0.2, 0) is 12.8 Å². The molecule has 4 aromatic rings. The average molecular weight is 371 g/mol. The molecule has 2 N–H and O–H groups in total. The van der Waals surface area contributed by atoms with Crippen molar-refractivity contribution in [3.05, 3.63) is 89.7 Å². The highest BCUT2D eigenvalue weighted by atomic mass is 16.5. The first kappa shape index (κ1) is 17.8. The van der Waals surface area contributed by atoms with Crippen LogP contribution in [0.4, 0.5) is 5.69 Å². The van der Waals surface area contributed by atoms with E-state index in [1.807, 2.05) is 36.4 Å². The minimum Gasteiger partial charge on any atom is -0.497 e. The lowest BCUT2D eigenvalue weighted by atomic mass is 10.1. The van der Waals surface area contributed by atoms with Gasteiger partial charge in [0.1, 0.15) is 11.6 Å². The molecule has 1 amide bonds. The summed E-state index contributed by atoms with van der Waals surface area (Å²) in [5, 5.41) is 2.93. The van der Waals surface area contributed by atoms with Crippen molar-refractivity contribution in [2.75, 3.05) is 12.4 Å². The van der Waals surface area contributed by atoms with Crippen molar-refractivity contribution in [3.8, 4) is 5.75 Å². The molecule has 1 aromatic heterocycles.